The summed E-state index contributed by atoms with van der Waals surface area (Å²) in [6, 6.07) is 13.3. The van der Waals surface area contributed by atoms with Gasteiger partial charge >= 0.3 is 5.97 Å². The maximum Gasteiger partial charge on any atom is 0.325 e. The molecule has 0 atom stereocenters. The number of aromatic amines is 1. The molecule has 0 spiro atoms. The van der Waals surface area contributed by atoms with E-state index in [4.69, 9.17) is 4.74 Å². The summed E-state index contributed by atoms with van der Waals surface area (Å²) in [5, 5.41) is 9.74. The fraction of sp³-hybridized carbons (Fsp3) is 0.0909. The number of fused-ring (bicyclic) bond motifs is 2. The third kappa shape index (κ3) is 3.35. The highest BCUT2D eigenvalue weighted by molar-refractivity contribution is 5.84. The van der Waals surface area contributed by atoms with Crippen molar-refractivity contribution < 1.29 is 13.9 Å². The molecule has 0 saturated heterocycles. The van der Waals surface area contributed by atoms with E-state index in [0.717, 1.165) is 16.6 Å². The van der Waals surface area contributed by atoms with Crippen molar-refractivity contribution in [2.75, 3.05) is 7.11 Å². The number of rotatable bonds is 4. The number of carbonyl (C=O) groups excluding carboxylic acids is 1. The molecule has 0 amide bonds. The Kier molecular flexibility index (Phi) is 4.36. The molecule has 0 radical (unpaired) electrons. The number of benzene rings is 2. The lowest BCUT2D eigenvalue weighted by Crippen LogP contribution is -2.10. The van der Waals surface area contributed by atoms with Crippen LogP contribution in [-0.4, -0.2) is 37.6 Å². The molecular weight excluding hydrogens is 401 g/mol. The minimum atomic E-state index is -0.387. The molecule has 0 aliphatic heterocycles. The van der Waals surface area contributed by atoms with Crippen molar-refractivity contribution in [3.8, 4) is 16.9 Å². The lowest BCUT2D eigenvalue weighted by molar-refractivity contribution is -0.141. The topological polar surface area (TPSA) is 94.8 Å². The summed E-state index contributed by atoms with van der Waals surface area (Å²) in [6.07, 6.45) is 3.45. The van der Waals surface area contributed by atoms with Crippen molar-refractivity contribution in [3.05, 3.63) is 77.1 Å². The molecule has 0 aliphatic rings. The van der Waals surface area contributed by atoms with Crippen molar-refractivity contribution >= 4 is 27.8 Å². The highest BCUT2D eigenvalue weighted by Gasteiger charge is 2.12. The fourth-order valence-electron chi connectivity index (χ4n) is 3.55. The molecule has 9 heteroatoms. The van der Waals surface area contributed by atoms with E-state index < -0.39 is 0 Å². The smallest absolute Gasteiger partial charge is 0.325 e. The van der Waals surface area contributed by atoms with E-state index in [9.17, 15) is 14.0 Å². The van der Waals surface area contributed by atoms with Crippen LogP contribution >= 0.6 is 0 Å². The normalized spacial score (nSPS) is 11.3. The Morgan fingerprint density at radius 3 is 2.84 bits per heavy atom. The second-order valence-corrected chi connectivity index (χ2v) is 7.05. The number of aromatic nitrogens is 5. The quantitative estimate of drug-likeness (QED) is 0.454. The summed E-state index contributed by atoms with van der Waals surface area (Å²) in [6.45, 7) is 0.123. The minimum Gasteiger partial charge on any atom is -0.468 e. The monoisotopic (exact) mass is 417 g/mol. The summed E-state index contributed by atoms with van der Waals surface area (Å²) in [5.41, 5.74) is 2.50. The van der Waals surface area contributed by atoms with Crippen molar-refractivity contribution in [1.82, 2.24) is 24.5 Å². The highest BCUT2D eigenvalue weighted by atomic mass is 19.1. The van der Waals surface area contributed by atoms with Crippen LogP contribution in [0.1, 0.15) is 0 Å². The number of carbonyl (C=O) groups is 1. The number of nitrogens with zero attached hydrogens (tertiary/aromatic N) is 4. The molecule has 5 aromatic rings. The zero-order valence-electron chi connectivity index (χ0n) is 16.4. The van der Waals surface area contributed by atoms with Crippen LogP contribution in [0.4, 0.5) is 4.39 Å². The van der Waals surface area contributed by atoms with Gasteiger partial charge in [0.05, 0.1) is 24.6 Å². The van der Waals surface area contributed by atoms with Gasteiger partial charge in [0.25, 0.3) is 5.56 Å². The molecule has 5 rings (SSSR count). The van der Waals surface area contributed by atoms with Crippen LogP contribution in [0.2, 0.25) is 0 Å². The van der Waals surface area contributed by atoms with Crippen LogP contribution in [0.25, 0.3) is 38.8 Å². The minimum absolute atomic E-state index is 0.123. The lowest BCUT2D eigenvalue weighted by Gasteiger charge is -2.05. The van der Waals surface area contributed by atoms with Crippen LogP contribution in [0.3, 0.4) is 0 Å². The standard InChI is InChI=1S/C22H16FN5O3/c1-31-21(29)12-27-7-6-13-9-16(3-5-20(13)27)28-11-19(25-26-28)17-10-14-8-15(23)2-4-18(14)24-22(17)30/h2-11H,12H2,1H3,(H,24,30). The average Bonchev–Trinajstić information content (AvgIpc) is 3.41. The van der Waals surface area contributed by atoms with Crippen LogP contribution in [-0.2, 0) is 16.1 Å². The molecule has 0 bridgehead atoms. The Morgan fingerprint density at radius 2 is 2.00 bits per heavy atom. The van der Waals surface area contributed by atoms with Gasteiger partial charge < -0.3 is 14.3 Å². The molecule has 0 saturated carbocycles. The third-order valence-corrected chi connectivity index (χ3v) is 5.12. The van der Waals surface area contributed by atoms with Crippen LogP contribution in [0.5, 0.6) is 0 Å². The number of nitrogens with one attached hydrogen (secondary N) is 1. The first-order chi connectivity index (χ1) is 15.0. The van der Waals surface area contributed by atoms with Crippen molar-refractivity contribution in [2.24, 2.45) is 0 Å². The Labute approximate surface area is 174 Å². The molecule has 8 nitrogen and oxygen atoms in total. The number of methoxy groups -OCH3 is 1. The van der Waals surface area contributed by atoms with Gasteiger partial charge in [-0.25, -0.2) is 9.07 Å². The van der Waals surface area contributed by atoms with Gasteiger partial charge in [-0.1, -0.05) is 5.21 Å². The molecule has 154 valence electrons. The predicted molar refractivity (Wildman–Crippen MR) is 112 cm³/mol. The Morgan fingerprint density at radius 1 is 1.13 bits per heavy atom. The van der Waals surface area contributed by atoms with E-state index in [1.165, 1.54) is 25.3 Å². The molecule has 0 fully saturated rings. The lowest BCUT2D eigenvalue weighted by atomic mass is 10.1. The fourth-order valence-corrected chi connectivity index (χ4v) is 3.55. The van der Waals surface area contributed by atoms with Crippen LogP contribution in [0.15, 0.2) is 65.7 Å². The maximum absolute atomic E-state index is 13.6. The van der Waals surface area contributed by atoms with E-state index in [0.29, 0.717) is 22.2 Å². The number of pyridine rings is 1. The van der Waals surface area contributed by atoms with Gasteiger partial charge in [-0.05, 0) is 48.5 Å². The maximum atomic E-state index is 13.6. The molecular formula is C22H16FN5O3. The van der Waals surface area contributed by atoms with Gasteiger partial charge in [0.2, 0.25) is 0 Å². The molecule has 2 aromatic carbocycles. The first-order valence-corrected chi connectivity index (χ1v) is 9.43. The van der Waals surface area contributed by atoms with Crippen molar-refractivity contribution in [2.45, 2.75) is 6.54 Å². The Bertz CT molecular complexity index is 1510. The zero-order valence-corrected chi connectivity index (χ0v) is 16.4. The van der Waals surface area contributed by atoms with E-state index in [1.807, 2.05) is 30.5 Å². The van der Waals surface area contributed by atoms with Gasteiger partial charge in [-0.3, -0.25) is 9.59 Å². The van der Waals surface area contributed by atoms with E-state index in [-0.39, 0.29) is 23.9 Å². The van der Waals surface area contributed by atoms with Crippen molar-refractivity contribution in [3.63, 3.8) is 0 Å². The number of ether oxygens (including phenoxy) is 1. The highest BCUT2D eigenvalue weighted by Crippen LogP contribution is 2.22. The first kappa shape index (κ1) is 18.7. The van der Waals surface area contributed by atoms with E-state index >= 15 is 0 Å². The molecule has 3 heterocycles. The van der Waals surface area contributed by atoms with Gasteiger partial charge in [-0.15, -0.1) is 5.10 Å². The predicted octanol–water partition coefficient (Wildman–Crippen LogP) is 3.04. The van der Waals surface area contributed by atoms with E-state index in [2.05, 4.69) is 15.3 Å². The van der Waals surface area contributed by atoms with E-state index in [1.54, 1.807) is 21.5 Å². The van der Waals surface area contributed by atoms with Gasteiger partial charge in [0.1, 0.15) is 18.1 Å². The number of hydrogen-bond acceptors (Lipinski definition) is 5. The summed E-state index contributed by atoms with van der Waals surface area (Å²) < 4.78 is 21.6. The molecule has 1 N–H and O–H groups in total. The summed E-state index contributed by atoms with van der Waals surface area (Å²) >= 11 is 0. The first-order valence-electron chi connectivity index (χ1n) is 9.43. The summed E-state index contributed by atoms with van der Waals surface area (Å²) in [4.78, 5) is 26.8. The molecule has 31 heavy (non-hydrogen) atoms. The van der Waals surface area contributed by atoms with Crippen molar-refractivity contribution in [1.29, 1.82) is 0 Å². The second kappa shape index (κ2) is 7.21. The van der Waals surface area contributed by atoms with Crippen LogP contribution < -0.4 is 5.56 Å². The Balaban J connectivity index is 1.51. The molecule has 0 aliphatic carbocycles. The van der Waals surface area contributed by atoms with Gasteiger partial charge in [0.15, 0.2) is 0 Å². The zero-order chi connectivity index (χ0) is 21.5. The summed E-state index contributed by atoms with van der Waals surface area (Å²) in [5.74, 6) is -0.718. The number of hydrogen-bond donors (Lipinski definition) is 1. The Hall–Kier alpha value is -4.27. The molecule has 0 unspecified atom stereocenters. The van der Waals surface area contributed by atoms with Crippen LogP contribution in [0, 0.1) is 5.82 Å². The average molecular weight is 417 g/mol. The SMILES string of the molecule is COC(=O)Cn1ccc2cc(-n3cc(-c4cc5cc(F)ccc5[nH]c4=O)nn3)ccc21. The largest absolute Gasteiger partial charge is 0.468 e. The number of esters is 1. The summed E-state index contributed by atoms with van der Waals surface area (Å²) in [7, 11) is 1.35. The molecule has 3 aromatic heterocycles. The van der Waals surface area contributed by atoms with Gasteiger partial charge in [-0.2, -0.15) is 0 Å². The third-order valence-electron chi connectivity index (χ3n) is 5.12. The number of H-pyrrole nitrogens is 1. The number of halogens is 1. The second-order valence-electron chi connectivity index (χ2n) is 7.05. The van der Waals surface area contributed by atoms with Gasteiger partial charge in [0, 0.05) is 28.0 Å².